The molecule has 1 N–H and O–H groups in total. The number of ether oxygens (including phenoxy) is 1. The van der Waals surface area contributed by atoms with Gasteiger partial charge < -0.3 is 14.6 Å². The maximum atomic E-state index is 13.6. The molecule has 0 radical (unpaired) electrons. The van der Waals surface area contributed by atoms with E-state index in [4.69, 9.17) is 20.9 Å². The van der Waals surface area contributed by atoms with Crippen molar-refractivity contribution in [1.82, 2.24) is 20.4 Å². The van der Waals surface area contributed by atoms with Crippen LogP contribution in [0.25, 0.3) is 17.0 Å². The Morgan fingerprint density at radius 2 is 2.06 bits per heavy atom. The van der Waals surface area contributed by atoms with Crippen molar-refractivity contribution in [1.29, 1.82) is 0 Å². The van der Waals surface area contributed by atoms with Gasteiger partial charge in [-0.05, 0) is 36.8 Å². The molecular formula is C22H20ClFN4O3. The number of hydrogen-bond acceptors (Lipinski definition) is 5. The Hall–Kier alpha value is -3.23. The summed E-state index contributed by atoms with van der Waals surface area (Å²) in [4.78, 5) is 18.9. The number of halogens is 2. The molecule has 2 heterocycles. The average molecular weight is 443 g/mol. The summed E-state index contributed by atoms with van der Waals surface area (Å²) in [5, 5.41) is 7.54. The summed E-state index contributed by atoms with van der Waals surface area (Å²) in [6, 6.07) is 12.3. The van der Waals surface area contributed by atoms with Crippen molar-refractivity contribution < 1.29 is 18.4 Å². The maximum absolute atomic E-state index is 13.6. The van der Waals surface area contributed by atoms with Gasteiger partial charge in [0, 0.05) is 23.4 Å². The van der Waals surface area contributed by atoms with E-state index in [9.17, 15) is 9.18 Å². The second kappa shape index (κ2) is 8.87. The zero-order chi connectivity index (χ0) is 22.0. The summed E-state index contributed by atoms with van der Waals surface area (Å²) in [7, 11) is 1.57. The van der Waals surface area contributed by atoms with Crippen molar-refractivity contribution in [2.45, 2.75) is 13.0 Å². The van der Waals surface area contributed by atoms with Crippen LogP contribution in [0.4, 0.5) is 9.18 Å². The van der Waals surface area contributed by atoms with E-state index in [0.29, 0.717) is 35.0 Å². The zero-order valence-electron chi connectivity index (χ0n) is 16.9. The molecule has 0 aliphatic carbocycles. The molecule has 0 saturated carbocycles. The zero-order valence-corrected chi connectivity index (χ0v) is 17.7. The van der Waals surface area contributed by atoms with E-state index in [1.165, 1.54) is 12.1 Å². The molecule has 2 amide bonds. The van der Waals surface area contributed by atoms with Gasteiger partial charge >= 0.3 is 6.03 Å². The minimum Gasteiger partial charge on any atom is -0.383 e. The molecule has 9 heteroatoms. The third kappa shape index (κ3) is 4.30. The van der Waals surface area contributed by atoms with Gasteiger partial charge in [0.05, 0.1) is 24.8 Å². The highest BCUT2D eigenvalue weighted by Crippen LogP contribution is 2.37. The second-order valence-electron chi connectivity index (χ2n) is 7.01. The summed E-state index contributed by atoms with van der Waals surface area (Å²) in [6.45, 7) is 2.52. The lowest BCUT2D eigenvalue weighted by atomic mass is 9.94. The Kier molecular flexibility index (Phi) is 6.01. The number of carbonyl (C=O) groups excluding carboxylic acids is 1. The van der Waals surface area contributed by atoms with E-state index in [-0.39, 0.29) is 17.7 Å². The van der Waals surface area contributed by atoms with E-state index >= 15 is 0 Å². The highest BCUT2D eigenvalue weighted by molar-refractivity contribution is 6.30. The van der Waals surface area contributed by atoms with Crippen LogP contribution < -0.4 is 5.32 Å². The minimum absolute atomic E-state index is 0.226. The number of aromatic nitrogens is 2. The minimum atomic E-state index is -0.550. The molecule has 160 valence electrons. The summed E-state index contributed by atoms with van der Waals surface area (Å²) < 4.78 is 24.3. The Balaban J connectivity index is 1.81. The van der Waals surface area contributed by atoms with E-state index < -0.39 is 11.9 Å². The molecule has 0 fully saturated rings. The monoisotopic (exact) mass is 442 g/mol. The number of rotatable bonds is 6. The number of hydrogen-bond donors (Lipinski definition) is 1. The lowest BCUT2D eigenvalue weighted by Gasteiger charge is -2.35. The van der Waals surface area contributed by atoms with Crippen molar-refractivity contribution in [3.63, 3.8) is 0 Å². The molecular weight excluding hydrogens is 423 g/mol. The standard InChI is InChI=1S/C22H20ClFN4O3/c1-13-18(21-26-20(27-31-21)15-6-4-8-17(24)12-15)19(14-5-3-7-16(23)11-14)25-22(29)28(13)9-10-30-2/h3-8,11-12,19H,9-10H2,1-2H3,(H,25,29). The molecule has 1 unspecified atom stereocenters. The van der Waals surface area contributed by atoms with Gasteiger partial charge in [-0.15, -0.1) is 0 Å². The molecule has 1 aliphatic rings. The molecule has 31 heavy (non-hydrogen) atoms. The summed E-state index contributed by atoms with van der Waals surface area (Å²) >= 11 is 6.18. The molecule has 1 atom stereocenters. The largest absolute Gasteiger partial charge is 0.383 e. The number of amides is 2. The fourth-order valence-electron chi connectivity index (χ4n) is 3.52. The van der Waals surface area contributed by atoms with Crippen LogP contribution in [0.1, 0.15) is 24.4 Å². The lowest BCUT2D eigenvalue weighted by molar-refractivity contribution is 0.158. The second-order valence-corrected chi connectivity index (χ2v) is 7.45. The molecule has 1 aromatic heterocycles. The van der Waals surface area contributed by atoms with Crippen LogP contribution in [0, 0.1) is 5.82 Å². The van der Waals surface area contributed by atoms with Crippen molar-refractivity contribution in [3.8, 4) is 11.4 Å². The number of benzene rings is 2. The first kappa shape index (κ1) is 21.0. The van der Waals surface area contributed by atoms with Gasteiger partial charge in [0.1, 0.15) is 5.82 Å². The SMILES string of the molecule is COCCN1C(=O)NC(c2cccc(Cl)c2)C(c2nc(-c3cccc(F)c3)no2)=C1C. The molecule has 0 spiro atoms. The summed E-state index contributed by atoms with van der Waals surface area (Å²) in [6.07, 6.45) is 0. The van der Waals surface area contributed by atoms with Gasteiger partial charge in [0.2, 0.25) is 5.82 Å². The Morgan fingerprint density at radius 1 is 1.26 bits per heavy atom. The van der Waals surface area contributed by atoms with Crippen LogP contribution >= 0.6 is 11.6 Å². The molecule has 2 aromatic carbocycles. The third-order valence-electron chi connectivity index (χ3n) is 5.04. The summed E-state index contributed by atoms with van der Waals surface area (Å²) in [5.41, 5.74) is 2.55. The van der Waals surface area contributed by atoms with Gasteiger partial charge in [0.15, 0.2) is 0 Å². The van der Waals surface area contributed by atoms with Gasteiger partial charge in [0.25, 0.3) is 5.89 Å². The highest BCUT2D eigenvalue weighted by atomic mass is 35.5. The van der Waals surface area contributed by atoms with Crippen LogP contribution in [0.15, 0.2) is 58.8 Å². The first-order chi connectivity index (χ1) is 15.0. The molecule has 4 rings (SSSR count). The van der Waals surface area contributed by atoms with Crippen LogP contribution in [-0.4, -0.2) is 41.3 Å². The third-order valence-corrected chi connectivity index (χ3v) is 5.27. The lowest BCUT2D eigenvalue weighted by Crippen LogP contribution is -2.47. The fraction of sp³-hybridized carbons (Fsp3) is 0.227. The number of nitrogens with zero attached hydrogens (tertiary/aromatic N) is 3. The van der Waals surface area contributed by atoms with Gasteiger partial charge in [-0.1, -0.05) is 41.0 Å². The normalized spacial score (nSPS) is 16.6. The first-order valence-corrected chi connectivity index (χ1v) is 9.99. The number of allylic oxidation sites excluding steroid dienone is 1. The van der Waals surface area contributed by atoms with Crippen LogP contribution in [-0.2, 0) is 4.74 Å². The fourth-order valence-corrected chi connectivity index (χ4v) is 3.72. The van der Waals surface area contributed by atoms with Crippen molar-refractivity contribution >= 4 is 23.2 Å². The Labute approximate surface area is 183 Å². The maximum Gasteiger partial charge on any atom is 0.322 e. The van der Waals surface area contributed by atoms with Crippen LogP contribution in [0.3, 0.4) is 0 Å². The van der Waals surface area contributed by atoms with Crippen LogP contribution in [0.2, 0.25) is 5.02 Å². The smallest absolute Gasteiger partial charge is 0.322 e. The highest BCUT2D eigenvalue weighted by Gasteiger charge is 2.35. The average Bonchev–Trinajstić information content (AvgIpc) is 3.23. The van der Waals surface area contributed by atoms with E-state index in [2.05, 4.69) is 15.5 Å². The molecule has 7 nitrogen and oxygen atoms in total. The van der Waals surface area contributed by atoms with Crippen molar-refractivity contribution in [2.75, 3.05) is 20.3 Å². The van der Waals surface area contributed by atoms with Gasteiger partial charge in [-0.3, -0.25) is 4.90 Å². The molecule has 0 saturated heterocycles. The Bertz CT molecular complexity index is 1150. The number of urea groups is 1. The van der Waals surface area contributed by atoms with Crippen LogP contribution in [0.5, 0.6) is 0 Å². The van der Waals surface area contributed by atoms with E-state index in [1.807, 2.05) is 13.0 Å². The van der Waals surface area contributed by atoms with Crippen molar-refractivity contribution in [2.24, 2.45) is 0 Å². The van der Waals surface area contributed by atoms with Gasteiger partial charge in [-0.25, -0.2) is 9.18 Å². The molecule has 3 aromatic rings. The first-order valence-electron chi connectivity index (χ1n) is 9.61. The van der Waals surface area contributed by atoms with Gasteiger partial charge in [-0.2, -0.15) is 4.98 Å². The number of nitrogens with one attached hydrogen (secondary N) is 1. The molecule has 1 aliphatic heterocycles. The quantitative estimate of drug-likeness (QED) is 0.599. The summed E-state index contributed by atoms with van der Waals surface area (Å²) in [5.74, 6) is 0.0795. The van der Waals surface area contributed by atoms with Crippen molar-refractivity contribution in [3.05, 3.63) is 76.5 Å². The Morgan fingerprint density at radius 3 is 2.81 bits per heavy atom. The number of carbonyl (C=O) groups is 1. The number of methoxy groups -OCH3 is 1. The van der Waals surface area contributed by atoms with E-state index in [0.717, 1.165) is 5.56 Å². The van der Waals surface area contributed by atoms with E-state index in [1.54, 1.807) is 42.3 Å². The molecule has 0 bridgehead atoms. The predicted molar refractivity (Wildman–Crippen MR) is 114 cm³/mol. The predicted octanol–water partition coefficient (Wildman–Crippen LogP) is 4.67. The topological polar surface area (TPSA) is 80.5 Å².